The Balaban J connectivity index is 1.84. The lowest BCUT2D eigenvalue weighted by atomic mass is 10.2. The van der Waals surface area contributed by atoms with Gasteiger partial charge in [0.2, 0.25) is 0 Å². The maximum Gasteiger partial charge on any atom is 0.292 e. The van der Waals surface area contributed by atoms with E-state index in [1.807, 2.05) is 0 Å². The maximum absolute atomic E-state index is 11.7. The van der Waals surface area contributed by atoms with E-state index in [0.717, 1.165) is 12.8 Å². The summed E-state index contributed by atoms with van der Waals surface area (Å²) in [7, 11) is 0. The van der Waals surface area contributed by atoms with Crippen LogP contribution in [0.2, 0.25) is 0 Å². The van der Waals surface area contributed by atoms with E-state index in [9.17, 15) is 4.79 Å². The van der Waals surface area contributed by atoms with E-state index in [1.165, 1.54) is 6.20 Å². The molecule has 0 unspecified atom stereocenters. The van der Waals surface area contributed by atoms with Crippen LogP contribution in [-0.2, 0) is 0 Å². The number of anilines is 1. The number of nitrogens with two attached hydrogens (primary N) is 1. The smallest absolute Gasteiger partial charge is 0.292 e. The number of amides is 1. The number of nitrogen functional groups attached to an aromatic ring is 1. The van der Waals surface area contributed by atoms with Gasteiger partial charge in [0.15, 0.2) is 0 Å². The zero-order chi connectivity index (χ0) is 12.5. The molecule has 2 heterocycles. The largest absolute Gasteiger partial charge is 0.397 e. The highest BCUT2D eigenvalue weighted by molar-refractivity contribution is 5.91. The average Bonchev–Trinajstić information content (AvgIpc) is 3.04. The summed E-state index contributed by atoms with van der Waals surface area (Å²) < 4.78 is 5.02. The van der Waals surface area contributed by atoms with Crippen LogP contribution in [0.5, 0.6) is 0 Å². The predicted octanol–water partition coefficient (Wildman–Crippen LogP) is 0.606. The normalized spacial score (nSPS) is 14.4. The Labute approximate surface area is 102 Å². The number of hydrogen-bond acceptors (Lipinski definition) is 6. The summed E-state index contributed by atoms with van der Waals surface area (Å²) in [6.45, 7) is 0. The molecule has 2 aromatic heterocycles. The number of rotatable bonds is 3. The molecule has 0 aromatic carbocycles. The van der Waals surface area contributed by atoms with E-state index < -0.39 is 0 Å². The zero-order valence-electron chi connectivity index (χ0n) is 9.46. The van der Waals surface area contributed by atoms with E-state index in [1.54, 1.807) is 12.3 Å². The van der Waals surface area contributed by atoms with E-state index in [2.05, 4.69) is 20.4 Å². The molecule has 7 nitrogen and oxygen atoms in total. The van der Waals surface area contributed by atoms with Crippen molar-refractivity contribution in [3.05, 3.63) is 24.3 Å². The number of carbonyl (C=O) groups is 1. The van der Waals surface area contributed by atoms with Gasteiger partial charge in [0, 0.05) is 12.2 Å². The molecular weight excluding hydrogens is 234 g/mol. The Hall–Kier alpha value is -2.44. The van der Waals surface area contributed by atoms with Crippen molar-refractivity contribution in [1.29, 1.82) is 0 Å². The number of pyridine rings is 1. The van der Waals surface area contributed by atoms with Gasteiger partial charge in [-0.05, 0) is 18.9 Å². The Morgan fingerprint density at radius 3 is 3.06 bits per heavy atom. The molecule has 0 bridgehead atoms. The molecule has 1 amide bonds. The standard InChI is InChI=1S/C11H11N5O2/c12-8-5-13-4-3-7(8)11-15-9(16-18-11)10(17)14-6-1-2-6/h3-6H,1-2,12H2,(H,14,17). The number of hydrogen-bond donors (Lipinski definition) is 2. The highest BCUT2D eigenvalue weighted by Gasteiger charge is 2.26. The van der Waals surface area contributed by atoms with Gasteiger partial charge in [-0.25, -0.2) is 0 Å². The van der Waals surface area contributed by atoms with E-state index >= 15 is 0 Å². The van der Waals surface area contributed by atoms with Crippen molar-refractivity contribution in [1.82, 2.24) is 20.4 Å². The summed E-state index contributed by atoms with van der Waals surface area (Å²) in [5, 5.41) is 6.42. The third-order valence-corrected chi connectivity index (χ3v) is 2.62. The molecule has 0 atom stereocenters. The molecule has 1 saturated carbocycles. The topological polar surface area (TPSA) is 107 Å². The molecular formula is C11H11N5O2. The Morgan fingerprint density at radius 2 is 2.33 bits per heavy atom. The average molecular weight is 245 g/mol. The minimum absolute atomic E-state index is 0.0214. The zero-order valence-corrected chi connectivity index (χ0v) is 9.46. The number of aromatic nitrogens is 3. The highest BCUT2D eigenvalue weighted by Crippen LogP contribution is 2.23. The Bertz CT molecular complexity index is 591. The van der Waals surface area contributed by atoms with Crippen molar-refractivity contribution in [2.24, 2.45) is 0 Å². The third-order valence-electron chi connectivity index (χ3n) is 2.62. The van der Waals surface area contributed by atoms with Gasteiger partial charge in [0.25, 0.3) is 17.6 Å². The fourth-order valence-electron chi connectivity index (χ4n) is 1.50. The molecule has 18 heavy (non-hydrogen) atoms. The van der Waals surface area contributed by atoms with Crippen molar-refractivity contribution in [3.63, 3.8) is 0 Å². The third kappa shape index (κ3) is 2.02. The van der Waals surface area contributed by atoms with Gasteiger partial charge in [-0.1, -0.05) is 5.16 Å². The molecule has 1 aliphatic carbocycles. The van der Waals surface area contributed by atoms with E-state index in [-0.39, 0.29) is 23.7 Å². The van der Waals surface area contributed by atoms with Gasteiger partial charge in [-0.2, -0.15) is 4.98 Å². The van der Waals surface area contributed by atoms with Crippen molar-refractivity contribution >= 4 is 11.6 Å². The fourth-order valence-corrected chi connectivity index (χ4v) is 1.50. The number of nitrogens with one attached hydrogen (secondary N) is 1. The van der Waals surface area contributed by atoms with Crippen LogP contribution < -0.4 is 11.1 Å². The Morgan fingerprint density at radius 1 is 1.50 bits per heavy atom. The van der Waals surface area contributed by atoms with Gasteiger partial charge in [0.05, 0.1) is 17.4 Å². The van der Waals surface area contributed by atoms with E-state index in [4.69, 9.17) is 10.3 Å². The van der Waals surface area contributed by atoms with Crippen LogP contribution in [-0.4, -0.2) is 27.1 Å². The molecule has 2 aromatic rings. The lowest BCUT2D eigenvalue weighted by Gasteiger charge is -1.97. The monoisotopic (exact) mass is 245 g/mol. The second-order valence-electron chi connectivity index (χ2n) is 4.13. The molecule has 0 saturated heterocycles. The molecule has 92 valence electrons. The molecule has 7 heteroatoms. The summed E-state index contributed by atoms with van der Waals surface area (Å²) in [4.78, 5) is 19.6. The molecule has 0 aliphatic heterocycles. The fraction of sp³-hybridized carbons (Fsp3) is 0.273. The minimum Gasteiger partial charge on any atom is -0.397 e. The van der Waals surface area contributed by atoms with Crippen LogP contribution in [0.4, 0.5) is 5.69 Å². The summed E-state index contributed by atoms with van der Waals surface area (Å²) in [5.74, 6) is -0.0795. The summed E-state index contributed by atoms with van der Waals surface area (Å²) in [6.07, 6.45) is 5.07. The van der Waals surface area contributed by atoms with Crippen molar-refractivity contribution in [2.45, 2.75) is 18.9 Å². The van der Waals surface area contributed by atoms with Gasteiger partial charge in [0.1, 0.15) is 0 Å². The van der Waals surface area contributed by atoms with Crippen LogP contribution in [0.25, 0.3) is 11.5 Å². The van der Waals surface area contributed by atoms with Gasteiger partial charge >= 0.3 is 0 Å². The highest BCUT2D eigenvalue weighted by atomic mass is 16.5. The van der Waals surface area contributed by atoms with Crippen LogP contribution in [0.1, 0.15) is 23.5 Å². The first-order valence-electron chi connectivity index (χ1n) is 5.58. The van der Waals surface area contributed by atoms with Gasteiger partial charge in [-0.3, -0.25) is 9.78 Å². The Kier molecular flexibility index (Phi) is 2.44. The molecule has 0 spiro atoms. The van der Waals surface area contributed by atoms with Crippen LogP contribution in [0.3, 0.4) is 0 Å². The van der Waals surface area contributed by atoms with Crippen LogP contribution in [0, 0.1) is 0 Å². The van der Waals surface area contributed by atoms with Crippen LogP contribution in [0.15, 0.2) is 23.0 Å². The molecule has 1 aliphatic rings. The second-order valence-corrected chi connectivity index (χ2v) is 4.13. The van der Waals surface area contributed by atoms with Gasteiger partial charge < -0.3 is 15.6 Å². The maximum atomic E-state index is 11.7. The van der Waals surface area contributed by atoms with Crippen molar-refractivity contribution < 1.29 is 9.32 Å². The lowest BCUT2D eigenvalue weighted by Crippen LogP contribution is -2.26. The number of nitrogens with zero attached hydrogens (tertiary/aromatic N) is 3. The summed E-state index contributed by atoms with van der Waals surface area (Å²) in [6, 6.07) is 1.91. The quantitative estimate of drug-likeness (QED) is 0.820. The van der Waals surface area contributed by atoms with Crippen molar-refractivity contribution in [3.8, 4) is 11.5 Å². The summed E-state index contributed by atoms with van der Waals surface area (Å²) in [5.41, 5.74) is 6.74. The first-order chi connectivity index (χ1) is 8.74. The molecule has 0 radical (unpaired) electrons. The number of carbonyl (C=O) groups excluding carboxylic acids is 1. The van der Waals surface area contributed by atoms with Gasteiger partial charge in [-0.15, -0.1) is 0 Å². The first-order valence-corrected chi connectivity index (χ1v) is 5.58. The molecule has 3 N–H and O–H groups in total. The SMILES string of the molecule is Nc1cnccc1-c1nc(C(=O)NC2CC2)no1. The predicted molar refractivity (Wildman–Crippen MR) is 62.4 cm³/mol. The van der Waals surface area contributed by atoms with E-state index in [0.29, 0.717) is 11.3 Å². The molecule has 1 fully saturated rings. The van der Waals surface area contributed by atoms with Crippen LogP contribution >= 0.6 is 0 Å². The minimum atomic E-state index is -0.319. The summed E-state index contributed by atoms with van der Waals surface area (Å²) >= 11 is 0. The lowest BCUT2D eigenvalue weighted by molar-refractivity contribution is 0.0937. The molecule has 3 rings (SSSR count). The second kappa shape index (κ2) is 4.10. The van der Waals surface area contributed by atoms with Crippen molar-refractivity contribution in [2.75, 3.05) is 5.73 Å². The first kappa shape index (κ1) is 10.7.